The minimum Gasteiger partial charge on any atom is -0.303 e. The SMILES string of the molecule is C=C/N=C\c1ncc(C(C)(C)CC)n1C=C. The molecule has 0 amide bonds. The molecule has 0 atom stereocenters. The number of nitrogens with zero attached hydrogens (tertiary/aromatic N) is 3. The lowest BCUT2D eigenvalue weighted by atomic mass is 9.87. The second kappa shape index (κ2) is 4.92. The van der Waals surface area contributed by atoms with Gasteiger partial charge in [0.25, 0.3) is 0 Å². The van der Waals surface area contributed by atoms with Gasteiger partial charge in [0, 0.05) is 29.7 Å². The normalized spacial score (nSPS) is 11.9. The molecule has 0 radical (unpaired) electrons. The zero-order chi connectivity index (χ0) is 12.2. The van der Waals surface area contributed by atoms with Crippen LogP contribution in [0.3, 0.4) is 0 Å². The summed E-state index contributed by atoms with van der Waals surface area (Å²) in [6.07, 6.45) is 7.88. The molecule has 3 nitrogen and oxygen atoms in total. The molecule has 3 heteroatoms. The number of aromatic nitrogens is 2. The molecule has 0 aliphatic carbocycles. The van der Waals surface area contributed by atoms with E-state index < -0.39 is 0 Å². The third kappa shape index (κ3) is 2.30. The number of hydrogen-bond donors (Lipinski definition) is 0. The Morgan fingerprint density at radius 1 is 1.50 bits per heavy atom. The molecule has 1 aromatic heterocycles. The van der Waals surface area contributed by atoms with Crippen molar-refractivity contribution in [1.82, 2.24) is 9.55 Å². The van der Waals surface area contributed by atoms with Crippen LogP contribution in [-0.4, -0.2) is 15.8 Å². The van der Waals surface area contributed by atoms with Gasteiger partial charge in [-0.05, 0) is 6.42 Å². The molecule has 86 valence electrons. The Morgan fingerprint density at radius 2 is 2.19 bits per heavy atom. The molecule has 0 aliphatic heterocycles. The first-order chi connectivity index (χ1) is 7.56. The van der Waals surface area contributed by atoms with Gasteiger partial charge in [-0.25, -0.2) is 4.98 Å². The van der Waals surface area contributed by atoms with Crippen molar-refractivity contribution in [3.63, 3.8) is 0 Å². The monoisotopic (exact) mass is 217 g/mol. The maximum Gasteiger partial charge on any atom is 0.155 e. The fourth-order valence-corrected chi connectivity index (χ4v) is 1.46. The van der Waals surface area contributed by atoms with Crippen LogP contribution in [0.5, 0.6) is 0 Å². The van der Waals surface area contributed by atoms with Crippen LogP contribution < -0.4 is 0 Å². The van der Waals surface area contributed by atoms with Crippen molar-refractivity contribution >= 4 is 12.4 Å². The van der Waals surface area contributed by atoms with Gasteiger partial charge in [-0.1, -0.05) is 33.9 Å². The quantitative estimate of drug-likeness (QED) is 0.696. The molecule has 0 saturated carbocycles. The zero-order valence-electron chi connectivity index (χ0n) is 10.3. The van der Waals surface area contributed by atoms with E-state index in [1.54, 1.807) is 12.4 Å². The van der Waals surface area contributed by atoms with E-state index in [-0.39, 0.29) is 5.41 Å². The summed E-state index contributed by atoms with van der Waals surface area (Å²) >= 11 is 0. The van der Waals surface area contributed by atoms with Crippen LogP contribution in [-0.2, 0) is 5.41 Å². The van der Waals surface area contributed by atoms with E-state index in [1.807, 2.05) is 10.8 Å². The van der Waals surface area contributed by atoms with Gasteiger partial charge < -0.3 is 4.57 Å². The van der Waals surface area contributed by atoms with E-state index in [9.17, 15) is 0 Å². The minimum atomic E-state index is 0.0848. The Kier molecular flexibility index (Phi) is 3.82. The molecule has 0 aromatic carbocycles. The first-order valence-corrected chi connectivity index (χ1v) is 5.41. The van der Waals surface area contributed by atoms with Crippen LogP contribution in [0, 0.1) is 0 Å². The fourth-order valence-electron chi connectivity index (χ4n) is 1.46. The van der Waals surface area contributed by atoms with Crippen molar-refractivity contribution in [2.45, 2.75) is 32.6 Å². The second-order valence-electron chi connectivity index (χ2n) is 4.25. The molecule has 1 heterocycles. The number of imidazole rings is 1. The summed E-state index contributed by atoms with van der Waals surface area (Å²) in [5, 5.41) is 0. The first-order valence-electron chi connectivity index (χ1n) is 5.41. The Bertz CT molecular complexity index is 411. The number of rotatable bonds is 5. The third-order valence-corrected chi connectivity index (χ3v) is 2.88. The van der Waals surface area contributed by atoms with Gasteiger partial charge in [0.2, 0.25) is 0 Å². The highest BCUT2D eigenvalue weighted by molar-refractivity contribution is 5.76. The van der Waals surface area contributed by atoms with Crippen LogP contribution in [0.15, 0.2) is 30.5 Å². The minimum absolute atomic E-state index is 0.0848. The van der Waals surface area contributed by atoms with Crippen molar-refractivity contribution in [3.8, 4) is 0 Å². The first kappa shape index (κ1) is 12.4. The Balaban J connectivity index is 3.23. The summed E-state index contributed by atoms with van der Waals surface area (Å²) in [5.41, 5.74) is 1.23. The maximum absolute atomic E-state index is 4.33. The lowest BCUT2D eigenvalue weighted by Gasteiger charge is -2.23. The second-order valence-corrected chi connectivity index (χ2v) is 4.25. The molecule has 1 rings (SSSR count). The molecule has 0 unspecified atom stereocenters. The highest BCUT2D eigenvalue weighted by Crippen LogP contribution is 2.27. The number of hydrogen-bond acceptors (Lipinski definition) is 2. The predicted molar refractivity (Wildman–Crippen MR) is 69.7 cm³/mol. The average molecular weight is 217 g/mol. The van der Waals surface area contributed by atoms with Gasteiger partial charge in [0.1, 0.15) is 0 Å². The zero-order valence-corrected chi connectivity index (χ0v) is 10.3. The van der Waals surface area contributed by atoms with Crippen LogP contribution in [0.25, 0.3) is 6.20 Å². The van der Waals surface area contributed by atoms with E-state index >= 15 is 0 Å². The summed E-state index contributed by atoms with van der Waals surface area (Å²) in [6.45, 7) is 13.9. The Morgan fingerprint density at radius 3 is 2.69 bits per heavy atom. The highest BCUT2D eigenvalue weighted by Gasteiger charge is 2.23. The molecular weight excluding hydrogens is 198 g/mol. The van der Waals surface area contributed by atoms with Crippen LogP contribution >= 0.6 is 0 Å². The summed E-state index contributed by atoms with van der Waals surface area (Å²) in [6, 6.07) is 0. The summed E-state index contributed by atoms with van der Waals surface area (Å²) in [7, 11) is 0. The average Bonchev–Trinajstić information content (AvgIpc) is 2.69. The molecule has 16 heavy (non-hydrogen) atoms. The maximum atomic E-state index is 4.33. The highest BCUT2D eigenvalue weighted by atomic mass is 15.1. The van der Waals surface area contributed by atoms with Gasteiger partial charge in [0.15, 0.2) is 5.82 Å². The van der Waals surface area contributed by atoms with Crippen molar-refractivity contribution in [2.24, 2.45) is 4.99 Å². The smallest absolute Gasteiger partial charge is 0.155 e. The summed E-state index contributed by atoms with van der Waals surface area (Å²) in [4.78, 5) is 8.31. The lowest BCUT2D eigenvalue weighted by Crippen LogP contribution is -2.19. The summed E-state index contributed by atoms with van der Waals surface area (Å²) < 4.78 is 1.97. The lowest BCUT2D eigenvalue weighted by molar-refractivity contribution is 0.484. The largest absolute Gasteiger partial charge is 0.303 e. The molecule has 0 N–H and O–H groups in total. The Hall–Kier alpha value is -1.64. The van der Waals surface area contributed by atoms with Gasteiger partial charge in [-0.3, -0.25) is 4.99 Å². The van der Waals surface area contributed by atoms with Crippen LogP contribution in [0.4, 0.5) is 0 Å². The van der Waals surface area contributed by atoms with E-state index in [2.05, 4.69) is 43.9 Å². The molecule has 0 bridgehead atoms. The molecule has 0 saturated heterocycles. The van der Waals surface area contributed by atoms with E-state index in [0.29, 0.717) is 0 Å². The fraction of sp³-hybridized carbons (Fsp3) is 0.385. The topological polar surface area (TPSA) is 30.2 Å². The van der Waals surface area contributed by atoms with E-state index in [1.165, 1.54) is 6.20 Å². The molecule has 1 aromatic rings. The standard InChI is InChI=1S/C13H19N3/c1-6-13(4,5)11-9-15-12(10-14-7-2)16(11)8-3/h7-10H,2-3,6H2,1,4-5H3/b14-10-. The third-order valence-electron chi connectivity index (χ3n) is 2.88. The van der Waals surface area contributed by atoms with Crippen LogP contribution in [0.1, 0.15) is 38.7 Å². The van der Waals surface area contributed by atoms with E-state index in [4.69, 9.17) is 0 Å². The number of aliphatic imine (C=N–C) groups is 1. The van der Waals surface area contributed by atoms with Crippen LogP contribution in [0.2, 0.25) is 0 Å². The van der Waals surface area contributed by atoms with Gasteiger partial charge in [0.05, 0.1) is 6.21 Å². The van der Waals surface area contributed by atoms with Crippen molar-refractivity contribution < 1.29 is 0 Å². The van der Waals surface area contributed by atoms with Gasteiger partial charge >= 0.3 is 0 Å². The van der Waals surface area contributed by atoms with Crippen molar-refractivity contribution in [2.75, 3.05) is 0 Å². The van der Waals surface area contributed by atoms with Gasteiger partial charge in [-0.2, -0.15) is 0 Å². The van der Waals surface area contributed by atoms with Crippen molar-refractivity contribution in [3.05, 3.63) is 37.1 Å². The summed E-state index contributed by atoms with van der Waals surface area (Å²) in [5.74, 6) is 0.784. The molecule has 0 fully saturated rings. The molecule has 0 spiro atoms. The predicted octanol–water partition coefficient (Wildman–Crippen LogP) is 3.23. The molecule has 0 aliphatic rings. The Labute approximate surface area is 97.2 Å². The van der Waals surface area contributed by atoms with Gasteiger partial charge in [-0.15, -0.1) is 0 Å². The molecular formula is C13H19N3. The van der Waals surface area contributed by atoms with Crippen molar-refractivity contribution in [1.29, 1.82) is 0 Å². The van der Waals surface area contributed by atoms with E-state index in [0.717, 1.165) is 17.9 Å².